The van der Waals surface area contributed by atoms with Crippen molar-refractivity contribution in [2.24, 2.45) is 47.3 Å². The Labute approximate surface area is 586 Å². The summed E-state index contributed by atoms with van der Waals surface area (Å²) in [5.74, 6) is -12.0. The Bertz CT molecular complexity index is 2630. The van der Waals surface area contributed by atoms with Gasteiger partial charge in [0.05, 0.1) is 38.1 Å². The molecule has 2 aliphatic rings. The summed E-state index contributed by atoms with van der Waals surface area (Å²) in [6.07, 6.45) is -0.994. The summed E-state index contributed by atoms with van der Waals surface area (Å²) < 4.78 is 17.0. The molecular formula is C72H128N10O16. The van der Waals surface area contributed by atoms with Gasteiger partial charge in [0, 0.05) is 93.1 Å². The summed E-state index contributed by atoms with van der Waals surface area (Å²) in [6.45, 7) is 33.4. The number of morpholine rings is 1. The number of carbonyl (C=O) groups is 12. The van der Waals surface area contributed by atoms with Gasteiger partial charge in [0.15, 0.2) is 11.6 Å². The normalized spacial score (nSPS) is 27.0. The molecule has 0 aliphatic carbocycles. The molecule has 14 atom stereocenters. The lowest BCUT2D eigenvalue weighted by atomic mass is 9.85. The standard InChI is InChI=1S/C72H128N10O16/c1-24-53-70(93)76(18)50(16)68(91)81(23)62(51(17)98-34-27-26-31-82-32-35-96-36-33-82)58(84)41-52(45(9)10)69(92)77(19)54(37-42(3)4)57(83)40-48(14)64(87)73-49(15)67(90)78(20)55(38-43(5)6)71(94)79(21)56(39-44(7)8)72(95)80(22)61(46(11)12)66(89)75-60(65(88)74-53)63(86)47(13)29-28-30-59(85)97-25-2/h42-56,60-63,86H,24-41H2,1-23H3,(H,73,87)(H,74,88)(H,75,89)/t47-,48-,49-,50-,51-,52+,53+,54+,55+,56+,60+,61+,62+,63-/m1/s1. The number of aliphatic hydroxyl groups excluding tert-OH is 1. The van der Waals surface area contributed by atoms with Crippen LogP contribution in [0.5, 0.6) is 0 Å². The first-order valence-corrected chi connectivity index (χ1v) is 36.0. The Balaban J connectivity index is 2.99. The van der Waals surface area contributed by atoms with Crippen LogP contribution in [0, 0.1) is 47.3 Å². The van der Waals surface area contributed by atoms with Crippen molar-refractivity contribution in [3.8, 4) is 0 Å². The van der Waals surface area contributed by atoms with E-state index in [4.69, 9.17) is 14.2 Å². The summed E-state index contributed by atoms with van der Waals surface area (Å²) >= 11 is 0. The molecule has 0 radical (unpaired) electrons. The predicted molar refractivity (Wildman–Crippen MR) is 374 cm³/mol. The maximum absolute atomic E-state index is 15.2. The summed E-state index contributed by atoms with van der Waals surface area (Å²) in [5.41, 5.74) is 0. The highest BCUT2D eigenvalue weighted by atomic mass is 16.5. The van der Waals surface area contributed by atoms with Gasteiger partial charge in [0.1, 0.15) is 48.3 Å². The molecule has 0 spiro atoms. The number of esters is 1. The van der Waals surface area contributed by atoms with Crippen LogP contribution in [-0.4, -0.2) is 265 Å². The highest BCUT2D eigenvalue weighted by molar-refractivity contribution is 6.00. The van der Waals surface area contributed by atoms with Crippen LogP contribution < -0.4 is 16.0 Å². The van der Waals surface area contributed by atoms with Gasteiger partial charge in [-0.3, -0.25) is 62.4 Å². The fourth-order valence-electron chi connectivity index (χ4n) is 13.0. The molecule has 0 aromatic heterocycles. The topological polar surface area (TPSA) is 312 Å². The van der Waals surface area contributed by atoms with Gasteiger partial charge >= 0.3 is 5.97 Å². The van der Waals surface area contributed by atoms with Crippen molar-refractivity contribution in [1.82, 2.24) is 50.2 Å². The maximum Gasteiger partial charge on any atom is 0.305 e. The van der Waals surface area contributed by atoms with E-state index < -0.39 is 167 Å². The fourth-order valence-corrected chi connectivity index (χ4v) is 13.0. The number of unbranched alkanes of at least 4 members (excludes halogenated alkanes) is 1. The molecule has 4 N–H and O–H groups in total. The zero-order chi connectivity index (χ0) is 74.9. The summed E-state index contributed by atoms with van der Waals surface area (Å²) in [7, 11) is 8.60. The van der Waals surface area contributed by atoms with Gasteiger partial charge in [-0.05, 0) is 121 Å². The number of Topliss-reactive ketones (excluding diaryl/α,β-unsaturated/α-hetero) is 2. The molecule has 98 heavy (non-hydrogen) atoms. The number of nitrogens with zero attached hydrogens (tertiary/aromatic N) is 7. The maximum atomic E-state index is 15.2. The Hall–Kier alpha value is -6.12. The highest BCUT2D eigenvalue weighted by Crippen LogP contribution is 2.28. The van der Waals surface area contributed by atoms with Crippen molar-refractivity contribution in [2.75, 3.05) is 88.3 Å². The summed E-state index contributed by atoms with van der Waals surface area (Å²) in [6, 6.07) is -11.6. The Morgan fingerprint density at radius 2 is 1.07 bits per heavy atom. The van der Waals surface area contributed by atoms with Crippen LogP contribution in [0.1, 0.15) is 188 Å². The number of amides is 9. The lowest BCUT2D eigenvalue weighted by Gasteiger charge is -2.40. The SMILES string of the molecule is CCOC(=O)CCC[C@@H](C)[C@@H](O)[C@@H]1NC(=O)[C@H](C(C)C)N(C)C(=O)[C@H](CC(C)C)N(C)C(=O)[C@H](CC(C)C)N(C)C(=O)[C@@H](C)NC(=O)[C@H](C)CC(=O)[C@H](CC(C)C)N(C)C(=O)[C@H](C(C)C)CC(=O)[C@H]([C@@H](C)OCCCCN2CCOCC2)N(C)C(=O)[C@@H](C)N(C)C(=O)[C@H](CC)NC1=O. The first-order chi connectivity index (χ1) is 45.7. The van der Waals surface area contributed by atoms with Gasteiger partial charge in [0.25, 0.3) is 0 Å². The molecule has 0 saturated carbocycles. The van der Waals surface area contributed by atoms with Crippen LogP contribution in [0.4, 0.5) is 0 Å². The Morgan fingerprint density at radius 1 is 0.551 bits per heavy atom. The molecular weight excluding hydrogens is 1260 g/mol. The second-order valence-electron chi connectivity index (χ2n) is 29.6. The van der Waals surface area contributed by atoms with Gasteiger partial charge in [-0.25, -0.2) is 0 Å². The molecule has 562 valence electrons. The largest absolute Gasteiger partial charge is 0.466 e. The van der Waals surface area contributed by atoms with Crippen LogP contribution in [0.15, 0.2) is 0 Å². The molecule has 2 heterocycles. The number of rotatable bonds is 23. The van der Waals surface area contributed by atoms with Crippen molar-refractivity contribution < 1.29 is 76.9 Å². The minimum atomic E-state index is -1.77. The summed E-state index contributed by atoms with van der Waals surface area (Å²) in [5, 5.41) is 20.4. The molecule has 0 unspecified atom stereocenters. The van der Waals surface area contributed by atoms with Crippen molar-refractivity contribution in [3.63, 3.8) is 0 Å². The molecule has 2 rings (SSSR count). The third-order valence-electron chi connectivity index (χ3n) is 19.4. The Kier molecular flexibility index (Phi) is 37.9. The smallest absolute Gasteiger partial charge is 0.305 e. The van der Waals surface area contributed by atoms with E-state index in [0.717, 1.165) is 31.0 Å². The summed E-state index contributed by atoms with van der Waals surface area (Å²) in [4.78, 5) is 186. The van der Waals surface area contributed by atoms with Crippen molar-refractivity contribution in [2.45, 2.75) is 255 Å². The molecule has 26 nitrogen and oxygen atoms in total. The molecule has 0 aromatic rings. The zero-order valence-electron chi connectivity index (χ0n) is 63.9. The van der Waals surface area contributed by atoms with Gasteiger partial charge < -0.3 is 64.7 Å². The number of hydrogen-bond acceptors (Lipinski definition) is 17. The van der Waals surface area contributed by atoms with Crippen LogP contribution in [0.3, 0.4) is 0 Å². The van der Waals surface area contributed by atoms with E-state index in [1.165, 1.54) is 80.6 Å². The average Bonchev–Trinajstić information content (AvgIpc) is 0.816. The van der Waals surface area contributed by atoms with Gasteiger partial charge in [0.2, 0.25) is 53.2 Å². The van der Waals surface area contributed by atoms with E-state index in [1.807, 2.05) is 41.5 Å². The van der Waals surface area contributed by atoms with Crippen LogP contribution in [-0.2, 0) is 71.7 Å². The third kappa shape index (κ3) is 26.1. The molecule has 0 bridgehead atoms. The minimum Gasteiger partial charge on any atom is -0.466 e. The van der Waals surface area contributed by atoms with E-state index in [9.17, 15) is 33.9 Å². The molecule has 2 fully saturated rings. The lowest BCUT2D eigenvalue weighted by molar-refractivity contribution is -0.154. The van der Waals surface area contributed by atoms with Gasteiger partial charge in [-0.15, -0.1) is 0 Å². The molecule has 2 aliphatic heterocycles. The van der Waals surface area contributed by atoms with Crippen molar-refractivity contribution in [3.05, 3.63) is 0 Å². The molecule has 26 heteroatoms. The van der Waals surface area contributed by atoms with Crippen molar-refractivity contribution in [1.29, 1.82) is 0 Å². The van der Waals surface area contributed by atoms with Crippen LogP contribution in [0.25, 0.3) is 0 Å². The van der Waals surface area contributed by atoms with Crippen molar-refractivity contribution >= 4 is 70.7 Å². The van der Waals surface area contributed by atoms with Gasteiger partial charge in [-0.1, -0.05) is 90.0 Å². The first kappa shape index (κ1) is 88.0. The van der Waals surface area contributed by atoms with Crippen LogP contribution >= 0.6 is 0 Å². The first-order valence-electron chi connectivity index (χ1n) is 36.0. The number of hydrogen-bond donors (Lipinski definition) is 4. The number of ether oxygens (including phenoxy) is 3. The van der Waals surface area contributed by atoms with E-state index in [-0.39, 0.29) is 88.8 Å². The second-order valence-corrected chi connectivity index (χ2v) is 29.6. The van der Waals surface area contributed by atoms with Crippen LogP contribution in [0.2, 0.25) is 0 Å². The zero-order valence-corrected chi connectivity index (χ0v) is 63.9. The molecule has 9 amide bonds. The quantitative estimate of drug-likeness (QED) is 0.0793. The number of carbonyl (C=O) groups excluding carboxylic acids is 12. The fraction of sp³-hybridized carbons (Fsp3) is 0.833. The number of aliphatic hydroxyl groups is 1. The molecule has 2 saturated heterocycles. The lowest BCUT2D eigenvalue weighted by Crippen LogP contribution is -2.63. The minimum absolute atomic E-state index is 0.00566. The predicted octanol–water partition coefficient (Wildman–Crippen LogP) is 4.74. The van der Waals surface area contributed by atoms with E-state index in [1.54, 1.807) is 62.3 Å². The van der Waals surface area contributed by atoms with E-state index in [0.29, 0.717) is 19.6 Å². The third-order valence-corrected chi connectivity index (χ3v) is 19.4. The number of nitrogens with one attached hydrogen (secondary N) is 3. The monoisotopic (exact) mass is 1390 g/mol. The Morgan fingerprint density at radius 3 is 1.59 bits per heavy atom. The number of ketones is 2. The molecule has 0 aromatic carbocycles. The second kappa shape index (κ2) is 42.2. The van der Waals surface area contributed by atoms with E-state index >= 15 is 28.8 Å². The highest BCUT2D eigenvalue weighted by Gasteiger charge is 2.45. The van der Waals surface area contributed by atoms with E-state index in [2.05, 4.69) is 20.9 Å². The van der Waals surface area contributed by atoms with Gasteiger partial charge in [-0.2, -0.15) is 0 Å². The average molecular weight is 1390 g/mol. The number of likely N-dealkylation sites (N-methyl/N-ethyl adjacent to an activating group) is 6.